The van der Waals surface area contributed by atoms with Gasteiger partial charge in [0.05, 0.1) is 13.2 Å². The van der Waals surface area contributed by atoms with Gasteiger partial charge in [0.25, 0.3) is 0 Å². The summed E-state index contributed by atoms with van der Waals surface area (Å²) in [4.78, 5) is 1.97. The van der Waals surface area contributed by atoms with Gasteiger partial charge in [0.1, 0.15) is 6.10 Å². The van der Waals surface area contributed by atoms with E-state index in [-0.39, 0.29) is 12.5 Å². The number of rotatable bonds is 12. The number of allylic oxidation sites excluding steroid dienone is 1. The molecule has 0 radical (unpaired) electrons. The molecule has 212 valence electrons. The van der Waals surface area contributed by atoms with Crippen LogP contribution in [0.25, 0.3) is 0 Å². The first-order valence-electron chi connectivity index (χ1n) is 12.8. The molecule has 0 aliphatic carbocycles. The fourth-order valence-electron chi connectivity index (χ4n) is 4.41. The van der Waals surface area contributed by atoms with Gasteiger partial charge < -0.3 is 9.64 Å². The van der Waals surface area contributed by atoms with Gasteiger partial charge in [0, 0.05) is 41.6 Å². The Labute approximate surface area is 271 Å². The van der Waals surface area contributed by atoms with E-state index in [1.54, 1.807) is 30.5 Å². The highest BCUT2D eigenvalue weighted by molar-refractivity contribution is 6.35. The summed E-state index contributed by atoms with van der Waals surface area (Å²) in [5, 5.41) is 3.56. The van der Waals surface area contributed by atoms with Gasteiger partial charge in [0.2, 0.25) is 0 Å². The molecule has 0 aromatic heterocycles. The molecule has 0 fully saturated rings. The number of benzene rings is 4. The lowest BCUT2D eigenvalue weighted by Crippen LogP contribution is -2.21. The predicted octanol–water partition coefficient (Wildman–Crippen LogP) is 12.0. The van der Waals surface area contributed by atoms with E-state index in [2.05, 4.69) is 36.9 Å². The van der Waals surface area contributed by atoms with E-state index in [4.69, 9.17) is 74.3 Å². The Hall–Kier alpha value is -2.14. The Morgan fingerprint density at radius 3 is 1.76 bits per heavy atom. The van der Waals surface area contributed by atoms with Gasteiger partial charge in [-0.25, -0.2) is 0 Å². The average molecular weight is 666 g/mol. The molecule has 4 aromatic rings. The van der Waals surface area contributed by atoms with E-state index in [0.717, 1.165) is 28.7 Å². The second-order valence-electron chi connectivity index (χ2n) is 9.36. The molecule has 1 atom stereocenters. The average Bonchev–Trinajstić information content (AvgIpc) is 2.95. The van der Waals surface area contributed by atoms with Crippen LogP contribution in [0.1, 0.15) is 40.7 Å². The predicted molar refractivity (Wildman–Crippen MR) is 176 cm³/mol. The number of nitrogens with zero attached hydrogens (tertiary/aromatic N) is 1. The maximum atomic E-state index is 6.60. The lowest BCUT2D eigenvalue weighted by Gasteiger charge is -2.25. The lowest BCUT2D eigenvalue weighted by molar-refractivity contribution is 0.0287. The molecule has 41 heavy (non-hydrogen) atoms. The number of ether oxygens (including phenoxy) is 1. The molecule has 0 amide bonds. The van der Waals surface area contributed by atoms with Crippen molar-refractivity contribution in [1.82, 2.24) is 4.90 Å². The standard InChI is InChI=1S/C33H27Cl6NO/c1-2-40(17-3-4-29(22-5-10-25(34)11-6-22)23-7-12-26(35)13-8-23)20-33(30-16-15-28(37)19-32(30)39)41-21-24-9-14-27(36)18-31(24)38/h2-3,5-19,29,33H,1,4,20-21H2/b17-3-. The van der Waals surface area contributed by atoms with E-state index in [9.17, 15) is 0 Å². The van der Waals surface area contributed by atoms with Gasteiger partial charge >= 0.3 is 0 Å². The zero-order chi connectivity index (χ0) is 29.4. The minimum Gasteiger partial charge on any atom is -0.367 e. The third kappa shape index (κ3) is 9.17. The zero-order valence-corrected chi connectivity index (χ0v) is 26.5. The third-order valence-corrected chi connectivity index (χ3v) is 8.24. The molecule has 0 heterocycles. The van der Waals surface area contributed by atoms with E-state index in [0.29, 0.717) is 36.7 Å². The van der Waals surface area contributed by atoms with Crippen LogP contribution in [0.3, 0.4) is 0 Å². The first kappa shape index (κ1) is 31.8. The van der Waals surface area contributed by atoms with E-state index in [1.807, 2.05) is 47.5 Å². The van der Waals surface area contributed by atoms with E-state index >= 15 is 0 Å². The van der Waals surface area contributed by atoms with Crippen LogP contribution in [0.2, 0.25) is 30.1 Å². The van der Waals surface area contributed by atoms with Gasteiger partial charge in [-0.3, -0.25) is 0 Å². The molecular weight excluding hydrogens is 639 g/mol. The van der Waals surface area contributed by atoms with Crippen molar-refractivity contribution in [3.8, 4) is 0 Å². The zero-order valence-electron chi connectivity index (χ0n) is 21.9. The SMILES string of the molecule is C=CN(/C=C\CC(c1ccc(Cl)cc1)c1ccc(Cl)cc1)CC(OCc1ccc(Cl)cc1Cl)c1ccc(Cl)cc1Cl. The van der Waals surface area contributed by atoms with Gasteiger partial charge in [-0.1, -0.05) is 119 Å². The van der Waals surface area contributed by atoms with Gasteiger partial charge in [-0.15, -0.1) is 0 Å². The Balaban J connectivity index is 1.54. The lowest BCUT2D eigenvalue weighted by atomic mass is 9.88. The maximum Gasteiger partial charge on any atom is 0.102 e. The molecule has 0 bridgehead atoms. The fraction of sp³-hybridized carbons (Fsp3) is 0.152. The van der Waals surface area contributed by atoms with Crippen molar-refractivity contribution in [2.45, 2.75) is 25.0 Å². The van der Waals surface area contributed by atoms with Crippen molar-refractivity contribution in [2.75, 3.05) is 6.54 Å². The van der Waals surface area contributed by atoms with Crippen molar-refractivity contribution >= 4 is 69.6 Å². The van der Waals surface area contributed by atoms with Gasteiger partial charge in [-0.05, 0) is 84.0 Å². The number of hydrogen-bond donors (Lipinski definition) is 0. The first-order chi connectivity index (χ1) is 19.7. The minimum atomic E-state index is -0.405. The van der Waals surface area contributed by atoms with Gasteiger partial charge in [-0.2, -0.15) is 0 Å². The van der Waals surface area contributed by atoms with Crippen molar-refractivity contribution in [2.24, 2.45) is 0 Å². The number of halogens is 6. The minimum absolute atomic E-state index is 0.109. The summed E-state index contributed by atoms with van der Waals surface area (Å²) in [5.74, 6) is 0.109. The summed E-state index contributed by atoms with van der Waals surface area (Å²) in [6, 6.07) is 26.5. The van der Waals surface area contributed by atoms with Crippen LogP contribution in [0.5, 0.6) is 0 Å². The Bertz CT molecular complexity index is 1440. The summed E-state index contributed by atoms with van der Waals surface area (Å²) in [7, 11) is 0. The van der Waals surface area contributed by atoms with Crippen LogP contribution in [0, 0.1) is 0 Å². The molecule has 1 unspecified atom stereocenters. The van der Waals surface area contributed by atoms with Gasteiger partial charge in [0.15, 0.2) is 0 Å². The van der Waals surface area contributed by atoms with Crippen molar-refractivity contribution < 1.29 is 4.74 Å². The molecule has 0 aliphatic rings. The summed E-state index contributed by atoms with van der Waals surface area (Å²) < 4.78 is 6.37. The van der Waals surface area contributed by atoms with Crippen molar-refractivity contribution in [3.05, 3.63) is 162 Å². The van der Waals surface area contributed by atoms with E-state index < -0.39 is 6.10 Å². The molecule has 8 heteroatoms. The van der Waals surface area contributed by atoms with Crippen molar-refractivity contribution in [1.29, 1.82) is 0 Å². The normalized spacial score (nSPS) is 12.2. The fourth-order valence-corrected chi connectivity index (χ4v) is 5.65. The highest BCUT2D eigenvalue weighted by atomic mass is 35.5. The monoisotopic (exact) mass is 663 g/mol. The molecule has 0 saturated heterocycles. The molecule has 2 nitrogen and oxygen atoms in total. The van der Waals surface area contributed by atoms with Crippen LogP contribution >= 0.6 is 69.6 Å². The summed E-state index contributed by atoms with van der Waals surface area (Å²) in [6.07, 6.45) is 6.21. The first-order valence-corrected chi connectivity index (χ1v) is 15.1. The highest BCUT2D eigenvalue weighted by Gasteiger charge is 2.19. The summed E-state index contributed by atoms with van der Waals surface area (Å²) in [6.45, 7) is 4.74. The second kappa shape index (κ2) is 15.4. The van der Waals surface area contributed by atoms with Crippen LogP contribution in [0.15, 0.2) is 110 Å². The summed E-state index contributed by atoms with van der Waals surface area (Å²) >= 11 is 37.6. The molecule has 4 rings (SSSR count). The van der Waals surface area contributed by atoms with Crippen LogP contribution < -0.4 is 0 Å². The van der Waals surface area contributed by atoms with Crippen molar-refractivity contribution in [3.63, 3.8) is 0 Å². The molecule has 4 aromatic carbocycles. The third-order valence-electron chi connectivity index (χ3n) is 6.59. The molecule has 0 N–H and O–H groups in total. The Morgan fingerprint density at radius 2 is 1.22 bits per heavy atom. The molecule has 0 saturated carbocycles. The molecule has 0 spiro atoms. The highest BCUT2D eigenvalue weighted by Crippen LogP contribution is 2.33. The summed E-state index contributed by atoms with van der Waals surface area (Å²) in [5.41, 5.74) is 3.93. The van der Waals surface area contributed by atoms with Crippen LogP contribution in [-0.4, -0.2) is 11.4 Å². The second-order valence-corrected chi connectivity index (χ2v) is 11.9. The number of hydrogen-bond acceptors (Lipinski definition) is 2. The Morgan fingerprint density at radius 1 is 0.683 bits per heavy atom. The Kier molecular flexibility index (Phi) is 11.9. The molecular formula is C33H27Cl6NO. The largest absolute Gasteiger partial charge is 0.367 e. The smallest absolute Gasteiger partial charge is 0.102 e. The molecule has 0 aliphatic heterocycles. The quantitative estimate of drug-likeness (QED) is 0.149. The van der Waals surface area contributed by atoms with Crippen LogP contribution in [-0.2, 0) is 11.3 Å². The van der Waals surface area contributed by atoms with E-state index in [1.165, 1.54) is 0 Å². The maximum absolute atomic E-state index is 6.60. The topological polar surface area (TPSA) is 12.5 Å². The van der Waals surface area contributed by atoms with Crippen LogP contribution in [0.4, 0.5) is 0 Å².